The van der Waals surface area contributed by atoms with Crippen molar-refractivity contribution in [3.05, 3.63) is 24.3 Å². The second-order valence-corrected chi connectivity index (χ2v) is 2.86. The lowest BCUT2D eigenvalue weighted by molar-refractivity contribution is 0.371. The maximum Gasteiger partial charge on any atom is 0.0879 e. The molecule has 1 fully saturated rings. The van der Waals surface area contributed by atoms with Crippen LogP contribution in [0, 0.1) is 0 Å². The van der Waals surface area contributed by atoms with E-state index in [9.17, 15) is 0 Å². The minimum Gasteiger partial charge on any atom is -0.369 e. The summed E-state index contributed by atoms with van der Waals surface area (Å²) in [6, 6.07) is 0. The van der Waals surface area contributed by atoms with Crippen LogP contribution in [0.5, 0.6) is 0 Å². The van der Waals surface area contributed by atoms with Crippen molar-refractivity contribution >= 4 is 0 Å². The van der Waals surface area contributed by atoms with E-state index in [2.05, 4.69) is 24.3 Å². The quantitative estimate of drug-likeness (QED) is 0.367. The summed E-state index contributed by atoms with van der Waals surface area (Å²) in [5.41, 5.74) is 0. The van der Waals surface area contributed by atoms with E-state index in [1.54, 1.807) is 0 Å². The SMILES string of the molecule is C1=C\CC2OC2C/C=C\C/1. The minimum atomic E-state index is 0.541. The van der Waals surface area contributed by atoms with Crippen LogP contribution in [0.3, 0.4) is 0 Å². The van der Waals surface area contributed by atoms with Crippen LogP contribution >= 0.6 is 0 Å². The van der Waals surface area contributed by atoms with Crippen molar-refractivity contribution in [2.45, 2.75) is 31.5 Å². The average molecular weight is 136 g/mol. The van der Waals surface area contributed by atoms with Gasteiger partial charge in [-0.25, -0.2) is 0 Å². The van der Waals surface area contributed by atoms with Crippen LogP contribution in [0.4, 0.5) is 0 Å². The first-order valence-corrected chi connectivity index (χ1v) is 3.92. The first kappa shape index (κ1) is 6.17. The largest absolute Gasteiger partial charge is 0.369 e. The highest BCUT2D eigenvalue weighted by Gasteiger charge is 2.36. The molecule has 0 aromatic rings. The van der Waals surface area contributed by atoms with Crippen molar-refractivity contribution in [3.8, 4) is 0 Å². The third-order valence-electron chi connectivity index (χ3n) is 2.03. The fourth-order valence-corrected chi connectivity index (χ4v) is 1.33. The molecule has 0 aromatic carbocycles. The third-order valence-corrected chi connectivity index (χ3v) is 2.03. The van der Waals surface area contributed by atoms with E-state index in [0.29, 0.717) is 12.2 Å². The fourth-order valence-electron chi connectivity index (χ4n) is 1.33. The summed E-state index contributed by atoms with van der Waals surface area (Å²) in [7, 11) is 0. The molecule has 1 saturated heterocycles. The van der Waals surface area contributed by atoms with Crippen molar-refractivity contribution in [2.75, 3.05) is 0 Å². The molecule has 1 heteroatoms. The lowest BCUT2D eigenvalue weighted by Gasteiger charge is -1.81. The van der Waals surface area contributed by atoms with Crippen molar-refractivity contribution in [2.24, 2.45) is 0 Å². The second kappa shape index (κ2) is 2.59. The van der Waals surface area contributed by atoms with Gasteiger partial charge in [-0.15, -0.1) is 0 Å². The maximum atomic E-state index is 5.39. The van der Waals surface area contributed by atoms with Gasteiger partial charge in [0.1, 0.15) is 0 Å². The fraction of sp³-hybridized carbons (Fsp3) is 0.556. The highest BCUT2D eigenvalue weighted by molar-refractivity contribution is 5.03. The highest BCUT2D eigenvalue weighted by atomic mass is 16.6. The van der Waals surface area contributed by atoms with Gasteiger partial charge in [0.2, 0.25) is 0 Å². The molecule has 1 nitrogen and oxygen atoms in total. The van der Waals surface area contributed by atoms with Crippen molar-refractivity contribution in [1.82, 2.24) is 0 Å². The Morgan fingerprint density at radius 2 is 1.50 bits per heavy atom. The maximum absolute atomic E-state index is 5.39. The van der Waals surface area contributed by atoms with Gasteiger partial charge in [-0.05, 0) is 19.3 Å². The molecule has 0 saturated carbocycles. The van der Waals surface area contributed by atoms with E-state index in [4.69, 9.17) is 4.74 Å². The molecule has 1 heterocycles. The Labute approximate surface area is 61.4 Å². The number of hydrogen-bond acceptors (Lipinski definition) is 1. The van der Waals surface area contributed by atoms with Gasteiger partial charge in [0, 0.05) is 0 Å². The van der Waals surface area contributed by atoms with Crippen LogP contribution in [0.15, 0.2) is 24.3 Å². The molecule has 54 valence electrons. The van der Waals surface area contributed by atoms with Gasteiger partial charge in [0.15, 0.2) is 0 Å². The molecule has 2 atom stereocenters. The second-order valence-electron chi connectivity index (χ2n) is 2.86. The molecule has 0 N–H and O–H groups in total. The standard InChI is InChI=1S/C9H12O/c1-2-4-6-8-9(10-8)7-5-3-1/h2-5,8-9H,1,6-7H2/b4-2-,5-3-. The predicted octanol–water partition coefficient (Wildman–Crippen LogP) is 2.05. The summed E-state index contributed by atoms with van der Waals surface area (Å²) in [6.07, 6.45) is 13.3. The zero-order valence-corrected chi connectivity index (χ0v) is 5.99. The lowest BCUT2D eigenvalue weighted by Crippen LogP contribution is -1.88. The molecule has 1 aliphatic carbocycles. The van der Waals surface area contributed by atoms with Crippen LogP contribution < -0.4 is 0 Å². The predicted molar refractivity (Wildman–Crippen MR) is 40.8 cm³/mol. The van der Waals surface area contributed by atoms with Crippen molar-refractivity contribution in [3.63, 3.8) is 0 Å². The Bertz CT molecular complexity index is 152. The van der Waals surface area contributed by atoms with E-state index in [0.717, 1.165) is 19.3 Å². The number of allylic oxidation sites excluding steroid dienone is 2. The Morgan fingerprint density at radius 3 is 2.10 bits per heavy atom. The molecule has 0 radical (unpaired) electrons. The zero-order chi connectivity index (χ0) is 6.81. The van der Waals surface area contributed by atoms with Crippen LogP contribution in [0.2, 0.25) is 0 Å². The van der Waals surface area contributed by atoms with E-state index < -0.39 is 0 Å². The van der Waals surface area contributed by atoms with Gasteiger partial charge in [0.25, 0.3) is 0 Å². The number of ether oxygens (including phenoxy) is 1. The van der Waals surface area contributed by atoms with Gasteiger partial charge in [-0.3, -0.25) is 0 Å². The van der Waals surface area contributed by atoms with E-state index in [1.165, 1.54) is 0 Å². The van der Waals surface area contributed by atoms with Gasteiger partial charge in [-0.1, -0.05) is 24.3 Å². The summed E-state index contributed by atoms with van der Waals surface area (Å²) in [5.74, 6) is 0. The Morgan fingerprint density at radius 1 is 0.900 bits per heavy atom. The average Bonchev–Trinajstić information content (AvgIpc) is 2.66. The molecule has 0 amide bonds. The molecule has 2 rings (SSSR count). The zero-order valence-electron chi connectivity index (χ0n) is 5.99. The topological polar surface area (TPSA) is 12.5 Å². The molecule has 0 bridgehead atoms. The molecule has 0 spiro atoms. The monoisotopic (exact) mass is 136 g/mol. The molecule has 2 aliphatic rings. The third kappa shape index (κ3) is 1.29. The smallest absolute Gasteiger partial charge is 0.0879 e. The van der Waals surface area contributed by atoms with Crippen molar-refractivity contribution in [1.29, 1.82) is 0 Å². The summed E-state index contributed by atoms with van der Waals surface area (Å²) < 4.78 is 5.39. The minimum absolute atomic E-state index is 0.541. The number of epoxide rings is 1. The number of hydrogen-bond donors (Lipinski definition) is 0. The Balaban J connectivity index is 1.96. The van der Waals surface area contributed by atoms with Crippen LogP contribution in [0.25, 0.3) is 0 Å². The van der Waals surface area contributed by atoms with Crippen molar-refractivity contribution < 1.29 is 4.74 Å². The molecule has 10 heavy (non-hydrogen) atoms. The summed E-state index contributed by atoms with van der Waals surface area (Å²) in [4.78, 5) is 0. The van der Waals surface area contributed by atoms with E-state index in [-0.39, 0.29) is 0 Å². The van der Waals surface area contributed by atoms with Gasteiger partial charge in [0.05, 0.1) is 12.2 Å². The van der Waals surface area contributed by atoms with Crippen LogP contribution in [-0.2, 0) is 4.74 Å². The molecular formula is C9H12O. The molecule has 1 aliphatic heterocycles. The molecule has 0 aromatic heterocycles. The summed E-state index contributed by atoms with van der Waals surface area (Å²) >= 11 is 0. The van der Waals surface area contributed by atoms with Gasteiger partial charge < -0.3 is 4.74 Å². The first-order chi connectivity index (χ1) is 4.97. The number of fused-ring (bicyclic) bond motifs is 1. The van der Waals surface area contributed by atoms with Crippen LogP contribution in [0.1, 0.15) is 19.3 Å². The van der Waals surface area contributed by atoms with E-state index in [1.807, 2.05) is 0 Å². The molecule has 2 unspecified atom stereocenters. The van der Waals surface area contributed by atoms with E-state index >= 15 is 0 Å². The normalized spacial score (nSPS) is 44.0. The van der Waals surface area contributed by atoms with Gasteiger partial charge in [-0.2, -0.15) is 0 Å². The van der Waals surface area contributed by atoms with Gasteiger partial charge >= 0.3 is 0 Å². The highest BCUT2D eigenvalue weighted by Crippen LogP contribution is 2.29. The number of rotatable bonds is 0. The summed E-state index contributed by atoms with van der Waals surface area (Å²) in [6.45, 7) is 0. The Hall–Kier alpha value is -0.560. The Kier molecular flexibility index (Phi) is 1.60. The summed E-state index contributed by atoms with van der Waals surface area (Å²) in [5, 5.41) is 0. The first-order valence-electron chi connectivity index (χ1n) is 3.92. The molecular weight excluding hydrogens is 124 g/mol. The lowest BCUT2D eigenvalue weighted by atomic mass is 10.2. The van der Waals surface area contributed by atoms with Crippen LogP contribution in [-0.4, -0.2) is 12.2 Å².